The Morgan fingerprint density at radius 1 is 0.929 bits per heavy atom. The molecule has 0 spiro atoms. The molecule has 1 aliphatic heterocycles. The summed E-state index contributed by atoms with van der Waals surface area (Å²) in [6, 6.07) is 27.1. The van der Waals surface area contributed by atoms with Crippen molar-refractivity contribution in [2.45, 2.75) is 13.3 Å². The molecule has 0 unspecified atom stereocenters. The van der Waals surface area contributed by atoms with Crippen molar-refractivity contribution in [3.05, 3.63) is 108 Å². The molecule has 0 amide bonds. The number of nitriles is 1. The predicted octanol–water partition coefficient (Wildman–Crippen LogP) is 6.42. The minimum absolute atomic E-state index is 0.687. The maximum atomic E-state index is 9.32. The minimum Gasteiger partial charge on any atom is -0.337 e. The first kappa shape index (κ1) is 17.8. The lowest BCUT2D eigenvalue weighted by Gasteiger charge is -2.27. The normalized spacial score (nSPS) is 16.6. The Balaban J connectivity index is 1.92. The zero-order valence-corrected chi connectivity index (χ0v) is 16.0. The van der Waals surface area contributed by atoms with Gasteiger partial charge in [0, 0.05) is 17.9 Å². The zero-order chi connectivity index (χ0) is 19.3. The first-order valence-electron chi connectivity index (χ1n) is 9.54. The fourth-order valence-electron chi connectivity index (χ4n) is 3.69. The summed E-state index contributed by atoms with van der Waals surface area (Å²) in [5.74, 6) is 0. The highest BCUT2D eigenvalue weighted by atomic mass is 15.1. The lowest BCUT2D eigenvalue weighted by atomic mass is 9.94. The van der Waals surface area contributed by atoms with Crippen molar-refractivity contribution >= 4 is 11.4 Å². The van der Waals surface area contributed by atoms with Crippen molar-refractivity contribution in [1.29, 1.82) is 5.26 Å². The van der Waals surface area contributed by atoms with Crippen molar-refractivity contribution in [2.75, 3.05) is 11.4 Å². The second kappa shape index (κ2) is 7.98. The molecule has 4 rings (SSSR count). The van der Waals surface area contributed by atoms with Gasteiger partial charge in [0.2, 0.25) is 0 Å². The monoisotopic (exact) mass is 362 g/mol. The third kappa shape index (κ3) is 3.61. The van der Waals surface area contributed by atoms with Crippen LogP contribution < -0.4 is 4.90 Å². The topological polar surface area (TPSA) is 27.0 Å². The molecule has 0 aliphatic carbocycles. The Kier molecular flexibility index (Phi) is 5.08. The lowest BCUT2D eigenvalue weighted by molar-refractivity contribution is 1.07. The maximum Gasteiger partial charge on any atom is 0.0991 e. The van der Waals surface area contributed by atoms with Crippen LogP contribution in [-0.2, 0) is 6.42 Å². The van der Waals surface area contributed by atoms with E-state index in [1.54, 1.807) is 0 Å². The van der Waals surface area contributed by atoms with E-state index in [-0.39, 0.29) is 0 Å². The number of benzene rings is 3. The average Bonchev–Trinajstić information content (AvgIpc) is 2.83. The van der Waals surface area contributed by atoms with E-state index in [9.17, 15) is 5.26 Å². The summed E-state index contributed by atoms with van der Waals surface area (Å²) in [4.78, 5) is 2.36. The van der Waals surface area contributed by atoms with Crippen molar-refractivity contribution in [3.63, 3.8) is 0 Å². The van der Waals surface area contributed by atoms with Crippen LogP contribution in [0.15, 0.2) is 96.6 Å². The summed E-state index contributed by atoms with van der Waals surface area (Å²) < 4.78 is 0. The molecule has 0 atom stereocenters. The van der Waals surface area contributed by atoms with Gasteiger partial charge in [0.1, 0.15) is 0 Å². The Hall–Kier alpha value is -3.57. The predicted molar refractivity (Wildman–Crippen MR) is 117 cm³/mol. The third-order valence-electron chi connectivity index (χ3n) is 5.11. The number of fused-ring (bicyclic) bond motifs is 1. The SMILES string of the molecule is CC1=C/Cc2c(-c3cccc(C#N)c3)cccc2N(c2ccccc2)C/C=C\1. The van der Waals surface area contributed by atoms with Crippen LogP contribution in [-0.4, -0.2) is 6.54 Å². The summed E-state index contributed by atoms with van der Waals surface area (Å²) in [7, 11) is 0. The molecule has 0 aromatic heterocycles. The molecule has 3 aromatic carbocycles. The molecule has 2 heteroatoms. The summed E-state index contributed by atoms with van der Waals surface area (Å²) in [5, 5.41) is 9.32. The van der Waals surface area contributed by atoms with E-state index < -0.39 is 0 Å². The standard InChI is InChI=1S/C26H22N2/c1-20-8-7-17-28(23-11-3-2-4-12-23)26-14-6-13-24(25(26)16-15-20)22-10-5-9-21(18-22)19-27/h2-15,18H,16-17H2,1H3/b8-7-,20-15-. The Morgan fingerprint density at radius 2 is 1.75 bits per heavy atom. The van der Waals surface area contributed by atoms with Gasteiger partial charge < -0.3 is 4.90 Å². The van der Waals surface area contributed by atoms with Gasteiger partial charge in [0.05, 0.1) is 11.6 Å². The molecule has 28 heavy (non-hydrogen) atoms. The zero-order valence-electron chi connectivity index (χ0n) is 16.0. The molecule has 3 aromatic rings. The van der Waals surface area contributed by atoms with Gasteiger partial charge in [-0.15, -0.1) is 0 Å². The fourth-order valence-corrected chi connectivity index (χ4v) is 3.69. The number of nitrogens with zero attached hydrogens (tertiary/aromatic N) is 2. The van der Waals surface area contributed by atoms with Crippen LogP contribution >= 0.6 is 0 Å². The van der Waals surface area contributed by atoms with Crippen LogP contribution in [0.3, 0.4) is 0 Å². The fraction of sp³-hybridized carbons (Fsp3) is 0.115. The van der Waals surface area contributed by atoms with Crippen LogP contribution in [0.1, 0.15) is 18.1 Å². The highest BCUT2D eigenvalue weighted by Crippen LogP contribution is 2.36. The minimum atomic E-state index is 0.687. The van der Waals surface area contributed by atoms with Gasteiger partial charge in [-0.1, -0.05) is 66.3 Å². The van der Waals surface area contributed by atoms with Crippen LogP contribution in [0.4, 0.5) is 11.4 Å². The van der Waals surface area contributed by atoms with Gasteiger partial charge in [-0.05, 0) is 60.4 Å². The number of rotatable bonds is 2. The second-order valence-electron chi connectivity index (χ2n) is 7.00. The molecule has 0 saturated carbocycles. The van der Waals surface area contributed by atoms with Gasteiger partial charge in [-0.2, -0.15) is 5.26 Å². The Morgan fingerprint density at radius 3 is 2.57 bits per heavy atom. The summed E-state index contributed by atoms with van der Waals surface area (Å²) in [6.45, 7) is 2.96. The van der Waals surface area contributed by atoms with E-state index in [0.29, 0.717) is 5.56 Å². The van der Waals surface area contributed by atoms with Crippen molar-refractivity contribution < 1.29 is 0 Å². The van der Waals surface area contributed by atoms with Gasteiger partial charge >= 0.3 is 0 Å². The molecule has 2 nitrogen and oxygen atoms in total. The summed E-state index contributed by atoms with van der Waals surface area (Å²) in [5.41, 5.74) is 7.89. The molecule has 136 valence electrons. The lowest BCUT2D eigenvalue weighted by Crippen LogP contribution is -2.18. The maximum absolute atomic E-state index is 9.32. The third-order valence-corrected chi connectivity index (χ3v) is 5.11. The molecule has 0 N–H and O–H groups in total. The van der Waals surface area contributed by atoms with E-state index in [1.165, 1.54) is 28.1 Å². The van der Waals surface area contributed by atoms with E-state index in [2.05, 4.69) is 84.7 Å². The van der Waals surface area contributed by atoms with E-state index in [1.807, 2.05) is 24.3 Å². The van der Waals surface area contributed by atoms with Gasteiger partial charge in [-0.25, -0.2) is 0 Å². The molecule has 0 bridgehead atoms. The molecule has 0 radical (unpaired) electrons. The van der Waals surface area contributed by atoms with E-state index in [0.717, 1.165) is 18.5 Å². The highest BCUT2D eigenvalue weighted by molar-refractivity contribution is 5.79. The van der Waals surface area contributed by atoms with E-state index >= 15 is 0 Å². The highest BCUT2D eigenvalue weighted by Gasteiger charge is 2.17. The van der Waals surface area contributed by atoms with E-state index in [4.69, 9.17) is 0 Å². The van der Waals surface area contributed by atoms with Crippen LogP contribution in [0.2, 0.25) is 0 Å². The smallest absolute Gasteiger partial charge is 0.0991 e. The molecule has 1 heterocycles. The molecular formula is C26H22N2. The largest absolute Gasteiger partial charge is 0.337 e. The van der Waals surface area contributed by atoms with Crippen molar-refractivity contribution in [2.24, 2.45) is 0 Å². The number of hydrogen-bond donors (Lipinski definition) is 0. The Labute approximate surface area is 166 Å². The molecular weight excluding hydrogens is 340 g/mol. The summed E-state index contributed by atoms with van der Waals surface area (Å²) in [6.07, 6.45) is 7.54. The summed E-state index contributed by atoms with van der Waals surface area (Å²) >= 11 is 0. The molecule has 0 saturated heterocycles. The number of allylic oxidation sites excluding steroid dienone is 3. The number of hydrogen-bond acceptors (Lipinski definition) is 2. The van der Waals surface area contributed by atoms with Gasteiger partial charge in [-0.3, -0.25) is 0 Å². The van der Waals surface area contributed by atoms with Gasteiger partial charge in [0.15, 0.2) is 0 Å². The van der Waals surface area contributed by atoms with Crippen LogP contribution in [0.25, 0.3) is 11.1 Å². The first-order chi connectivity index (χ1) is 13.8. The molecule has 1 aliphatic rings. The first-order valence-corrected chi connectivity index (χ1v) is 9.54. The molecule has 0 fully saturated rings. The average molecular weight is 362 g/mol. The number of para-hydroxylation sites is 1. The van der Waals surface area contributed by atoms with Crippen LogP contribution in [0, 0.1) is 11.3 Å². The van der Waals surface area contributed by atoms with Crippen molar-refractivity contribution in [3.8, 4) is 17.2 Å². The van der Waals surface area contributed by atoms with Crippen molar-refractivity contribution in [1.82, 2.24) is 0 Å². The van der Waals surface area contributed by atoms with Gasteiger partial charge in [0.25, 0.3) is 0 Å². The Bertz CT molecular complexity index is 1080. The number of anilines is 2. The van der Waals surface area contributed by atoms with Crippen LogP contribution in [0.5, 0.6) is 0 Å². The quantitative estimate of drug-likeness (QED) is 0.526. The second-order valence-corrected chi connectivity index (χ2v) is 7.00.